The minimum absolute atomic E-state index is 0.249. The van der Waals surface area contributed by atoms with Crippen LogP contribution in [0.4, 0.5) is 4.39 Å². The fourth-order valence-electron chi connectivity index (χ4n) is 1.25. The fourth-order valence-corrected chi connectivity index (χ4v) is 1.25. The van der Waals surface area contributed by atoms with Crippen molar-refractivity contribution >= 4 is 11.0 Å². The molecule has 0 saturated carbocycles. The molecule has 3 heteroatoms. The Kier molecular flexibility index (Phi) is 1.56. The molecule has 0 spiro atoms. The topological polar surface area (TPSA) is 36.9 Å². The largest absolute Gasteiger partial charge is 0.442 e. The van der Waals surface area contributed by atoms with Crippen molar-refractivity contribution in [3.8, 4) is 6.07 Å². The predicted octanol–water partition coefficient (Wildman–Crippen LogP) is 2.75. The molecule has 0 aliphatic carbocycles. The Labute approximate surface area is 74.2 Å². The van der Waals surface area contributed by atoms with Crippen LogP contribution in [0.5, 0.6) is 0 Å². The standard InChI is InChI=1S/C10H6FNO/c1-6-2-3-8-7(4-6)10(11)9(5-12)13-8/h2-4H,1H3. The van der Waals surface area contributed by atoms with Gasteiger partial charge in [0.15, 0.2) is 5.82 Å². The molecule has 1 heterocycles. The molecular weight excluding hydrogens is 169 g/mol. The minimum Gasteiger partial charge on any atom is -0.442 e. The van der Waals surface area contributed by atoms with Crippen molar-refractivity contribution in [2.24, 2.45) is 0 Å². The average molecular weight is 175 g/mol. The van der Waals surface area contributed by atoms with Gasteiger partial charge in [-0.1, -0.05) is 11.6 Å². The van der Waals surface area contributed by atoms with Crippen molar-refractivity contribution in [3.63, 3.8) is 0 Å². The summed E-state index contributed by atoms with van der Waals surface area (Å²) >= 11 is 0. The number of nitrogens with zero attached hydrogens (tertiary/aromatic N) is 1. The molecule has 2 aromatic rings. The first-order chi connectivity index (χ1) is 6.22. The molecule has 13 heavy (non-hydrogen) atoms. The number of benzene rings is 1. The number of rotatable bonds is 0. The molecule has 0 unspecified atom stereocenters. The smallest absolute Gasteiger partial charge is 0.240 e. The minimum atomic E-state index is -0.568. The Bertz CT molecular complexity index is 507. The maximum atomic E-state index is 13.3. The molecule has 0 aliphatic rings. The highest BCUT2D eigenvalue weighted by molar-refractivity contribution is 5.80. The van der Waals surface area contributed by atoms with E-state index in [1.807, 2.05) is 13.0 Å². The van der Waals surface area contributed by atoms with Crippen LogP contribution in [0.1, 0.15) is 11.3 Å². The Hall–Kier alpha value is -1.82. The third-order valence-electron chi connectivity index (χ3n) is 1.88. The molecule has 0 amide bonds. The highest BCUT2D eigenvalue weighted by Crippen LogP contribution is 2.24. The average Bonchev–Trinajstić information content (AvgIpc) is 2.44. The van der Waals surface area contributed by atoms with Gasteiger partial charge in [0.05, 0.1) is 5.39 Å². The van der Waals surface area contributed by atoms with E-state index in [1.54, 1.807) is 18.2 Å². The first-order valence-electron chi connectivity index (χ1n) is 3.81. The van der Waals surface area contributed by atoms with Gasteiger partial charge in [0.2, 0.25) is 5.76 Å². The van der Waals surface area contributed by atoms with Crippen LogP contribution >= 0.6 is 0 Å². The summed E-state index contributed by atoms with van der Waals surface area (Å²) in [6.45, 7) is 1.86. The zero-order valence-corrected chi connectivity index (χ0v) is 6.97. The van der Waals surface area contributed by atoms with Gasteiger partial charge in [-0.05, 0) is 19.1 Å². The van der Waals surface area contributed by atoms with Gasteiger partial charge in [0, 0.05) is 0 Å². The van der Waals surface area contributed by atoms with E-state index >= 15 is 0 Å². The van der Waals surface area contributed by atoms with Crippen LogP contribution in [0.15, 0.2) is 22.6 Å². The number of halogens is 1. The number of hydrogen-bond acceptors (Lipinski definition) is 2. The van der Waals surface area contributed by atoms with Gasteiger partial charge in [-0.25, -0.2) is 4.39 Å². The summed E-state index contributed by atoms with van der Waals surface area (Å²) in [5, 5.41) is 8.88. The summed E-state index contributed by atoms with van der Waals surface area (Å²) in [5.74, 6) is -0.818. The first kappa shape index (κ1) is 7.81. The molecule has 0 atom stereocenters. The van der Waals surface area contributed by atoms with E-state index in [0.717, 1.165) is 5.56 Å². The van der Waals surface area contributed by atoms with E-state index in [9.17, 15) is 4.39 Å². The molecule has 0 bridgehead atoms. The Morgan fingerprint density at radius 3 is 2.92 bits per heavy atom. The third-order valence-corrected chi connectivity index (χ3v) is 1.88. The summed E-state index contributed by atoms with van der Waals surface area (Å²) in [6, 6.07) is 6.80. The van der Waals surface area contributed by atoms with Crippen LogP contribution in [0.25, 0.3) is 11.0 Å². The van der Waals surface area contributed by atoms with E-state index in [-0.39, 0.29) is 5.76 Å². The summed E-state index contributed by atoms with van der Waals surface area (Å²) in [7, 11) is 0. The number of hydrogen-bond donors (Lipinski definition) is 0. The van der Waals surface area contributed by atoms with E-state index < -0.39 is 5.82 Å². The molecule has 0 aliphatic heterocycles. The van der Waals surface area contributed by atoms with Crippen LogP contribution in [0.2, 0.25) is 0 Å². The molecule has 64 valence electrons. The summed E-state index contributed by atoms with van der Waals surface area (Å²) in [4.78, 5) is 0. The van der Waals surface area contributed by atoms with Crippen LogP contribution in [-0.4, -0.2) is 0 Å². The highest BCUT2D eigenvalue weighted by atomic mass is 19.1. The zero-order chi connectivity index (χ0) is 9.42. The van der Waals surface area contributed by atoms with Crippen molar-refractivity contribution in [1.29, 1.82) is 5.26 Å². The van der Waals surface area contributed by atoms with E-state index in [4.69, 9.17) is 9.68 Å². The zero-order valence-electron chi connectivity index (χ0n) is 6.97. The van der Waals surface area contributed by atoms with Crippen molar-refractivity contribution < 1.29 is 8.81 Å². The maximum Gasteiger partial charge on any atom is 0.240 e. The first-order valence-corrected chi connectivity index (χ1v) is 3.81. The van der Waals surface area contributed by atoms with E-state index in [1.165, 1.54) is 0 Å². The van der Waals surface area contributed by atoms with Crippen molar-refractivity contribution in [3.05, 3.63) is 35.3 Å². The lowest BCUT2D eigenvalue weighted by Crippen LogP contribution is -1.74. The van der Waals surface area contributed by atoms with Gasteiger partial charge < -0.3 is 4.42 Å². The van der Waals surface area contributed by atoms with Crippen molar-refractivity contribution in [1.82, 2.24) is 0 Å². The number of nitriles is 1. The quantitative estimate of drug-likeness (QED) is 0.617. The molecule has 0 radical (unpaired) electrons. The number of fused-ring (bicyclic) bond motifs is 1. The van der Waals surface area contributed by atoms with E-state index in [2.05, 4.69) is 0 Å². The lowest BCUT2D eigenvalue weighted by atomic mass is 10.2. The fraction of sp³-hybridized carbons (Fsp3) is 0.100. The van der Waals surface area contributed by atoms with Crippen LogP contribution < -0.4 is 0 Å². The number of furan rings is 1. The van der Waals surface area contributed by atoms with Gasteiger partial charge in [-0.3, -0.25) is 0 Å². The summed E-state index contributed by atoms with van der Waals surface area (Å²) < 4.78 is 18.3. The monoisotopic (exact) mass is 175 g/mol. The molecule has 2 rings (SSSR count). The highest BCUT2D eigenvalue weighted by Gasteiger charge is 2.12. The SMILES string of the molecule is Cc1ccc2oc(C#N)c(F)c2c1. The van der Waals surface area contributed by atoms with Gasteiger partial charge in [-0.2, -0.15) is 5.26 Å². The van der Waals surface area contributed by atoms with Gasteiger partial charge in [-0.15, -0.1) is 0 Å². The third kappa shape index (κ3) is 1.07. The predicted molar refractivity (Wildman–Crippen MR) is 45.6 cm³/mol. The molecule has 1 aromatic carbocycles. The Morgan fingerprint density at radius 1 is 1.46 bits per heavy atom. The Balaban J connectivity index is 2.87. The second-order valence-electron chi connectivity index (χ2n) is 2.86. The van der Waals surface area contributed by atoms with Gasteiger partial charge >= 0.3 is 0 Å². The van der Waals surface area contributed by atoms with Gasteiger partial charge in [0.1, 0.15) is 11.7 Å². The van der Waals surface area contributed by atoms with Crippen LogP contribution in [0, 0.1) is 24.1 Å². The Morgan fingerprint density at radius 2 is 2.23 bits per heavy atom. The molecule has 0 saturated heterocycles. The normalized spacial score (nSPS) is 10.2. The molecular formula is C10H6FNO. The second kappa shape index (κ2) is 2.60. The summed E-state index contributed by atoms with van der Waals surface area (Å²) in [5.41, 5.74) is 1.36. The second-order valence-corrected chi connectivity index (χ2v) is 2.86. The van der Waals surface area contributed by atoms with E-state index in [0.29, 0.717) is 11.0 Å². The lowest BCUT2D eigenvalue weighted by Gasteiger charge is -1.89. The maximum absolute atomic E-state index is 13.3. The van der Waals surface area contributed by atoms with Gasteiger partial charge in [0.25, 0.3) is 0 Å². The molecule has 2 nitrogen and oxygen atoms in total. The van der Waals surface area contributed by atoms with Crippen molar-refractivity contribution in [2.45, 2.75) is 6.92 Å². The van der Waals surface area contributed by atoms with Crippen LogP contribution in [-0.2, 0) is 0 Å². The number of aryl methyl sites for hydroxylation is 1. The molecule has 1 aromatic heterocycles. The lowest BCUT2D eigenvalue weighted by molar-refractivity contribution is 0.543. The molecule has 0 fully saturated rings. The summed E-state index contributed by atoms with van der Waals surface area (Å²) in [6.07, 6.45) is 0. The van der Waals surface area contributed by atoms with Crippen LogP contribution in [0.3, 0.4) is 0 Å². The van der Waals surface area contributed by atoms with Crippen molar-refractivity contribution in [2.75, 3.05) is 0 Å². The molecule has 0 N–H and O–H groups in total.